The van der Waals surface area contributed by atoms with Crippen LogP contribution in [0.15, 0.2) is 12.7 Å². The van der Waals surface area contributed by atoms with E-state index in [1.165, 1.54) is 6.08 Å². The normalized spacial score (nSPS) is 12.1. The summed E-state index contributed by atoms with van der Waals surface area (Å²) < 4.78 is 34.2. The third-order valence-corrected chi connectivity index (χ3v) is 2.40. The second kappa shape index (κ2) is 7.14. The van der Waals surface area contributed by atoms with Gasteiger partial charge in [0.05, 0.1) is 6.42 Å². The van der Waals surface area contributed by atoms with Crippen molar-refractivity contribution in [3.63, 3.8) is 0 Å². The van der Waals surface area contributed by atoms with Gasteiger partial charge in [-0.25, -0.2) is 0 Å². The number of carbonyl (C=O) groups excluding carboxylic acids is 1. The van der Waals surface area contributed by atoms with Gasteiger partial charge >= 0.3 is 11.9 Å². The van der Waals surface area contributed by atoms with Gasteiger partial charge in [0.15, 0.2) is 5.25 Å². The molecule has 0 spiro atoms. The monoisotopic (exact) mass is 270 g/mol. The van der Waals surface area contributed by atoms with Gasteiger partial charge in [0.1, 0.15) is 6.61 Å². The van der Waals surface area contributed by atoms with Gasteiger partial charge in [-0.15, -0.1) is 0 Å². The first-order chi connectivity index (χ1) is 6.79. The van der Waals surface area contributed by atoms with E-state index in [1.54, 1.807) is 0 Å². The van der Waals surface area contributed by atoms with Crippen LogP contribution in [0.5, 0.6) is 0 Å². The molecule has 0 aromatic rings. The van der Waals surface area contributed by atoms with Crippen molar-refractivity contribution in [3.8, 4) is 0 Å². The lowest BCUT2D eigenvalue weighted by Crippen LogP contribution is -2.33. The quantitative estimate of drug-likeness (QED) is 0.248. The average Bonchev–Trinajstić information content (AvgIpc) is 2.08. The number of rotatable bonds is 6. The smallest absolute Gasteiger partial charge is 0.327 e. The van der Waals surface area contributed by atoms with E-state index in [0.717, 1.165) is 0 Å². The molecule has 1 atom stereocenters. The molecule has 7 nitrogen and oxygen atoms in total. The Kier molecular flexibility index (Phi) is 7.68. The molecule has 0 bridgehead atoms. The zero-order valence-electron chi connectivity index (χ0n) is 7.62. The Morgan fingerprint density at radius 1 is 1.44 bits per heavy atom. The van der Waals surface area contributed by atoms with Crippen LogP contribution in [-0.2, 0) is 24.4 Å². The van der Waals surface area contributed by atoms with Gasteiger partial charge in [-0.3, -0.25) is 14.1 Å². The maximum absolute atomic E-state index is 11.0. The molecule has 0 aliphatic carbocycles. The standard InChI is InChI=1S/C7H10O7S.H4Si/c1-2-3-14-7(10)5(4-6(8)9)15(11,12)13;/h2,5H,1,3-4H2,(H,8,9)(H,11,12,13);1H4. The zero-order chi connectivity index (χ0) is 12.1. The maximum Gasteiger partial charge on any atom is 0.327 e. The number of carbonyl (C=O) groups is 2. The minimum absolute atomic E-state index is 0. The Morgan fingerprint density at radius 2 is 1.94 bits per heavy atom. The summed E-state index contributed by atoms with van der Waals surface area (Å²) in [7, 11) is -4.78. The van der Waals surface area contributed by atoms with Gasteiger partial charge in [-0.1, -0.05) is 12.7 Å². The highest BCUT2D eigenvalue weighted by molar-refractivity contribution is 7.87. The fourth-order valence-corrected chi connectivity index (χ4v) is 1.37. The number of ether oxygens (including phenoxy) is 1. The fraction of sp³-hybridized carbons (Fsp3) is 0.429. The molecular weight excluding hydrogens is 256 g/mol. The number of aliphatic carboxylic acids is 1. The Labute approximate surface area is 96.9 Å². The largest absolute Gasteiger partial charge is 0.481 e. The van der Waals surface area contributed by atoms with Crippen LogP contribution >= 0.6 is 0 Å². The van der Waals surface area contributed by atoms with Gasteiger partial charge in [-0.2, -0.15) is 8.42 Å². The zero-order valence-corrected chi connectivity index (χ0v) is 8.44. The number of carboxylic acid groups (broad SMARTS) is 1. The summed E-state index contributed by atoms with van der Waals surface area (Å²) in [4.78, 5) is 21.2. The van der Waals surface area contributed by atoms with Crippen LogP contribution in [0.3, 0.4) is 0 Å². The number of esters is 1. The van der Waals surface area contributed by atoms with E-state index in [9.17, 15) is 18.0 Å². The van der Waals surface area contributed by atoms with Crippen molar-refractivity contribution in [3.05, 3.63) is 12.7 Å². The molecule has 9 heteroatoms. The molecule has 0 heterocycles. The van der Waals surface area contributed by atoms with Crippen molar-refractivity contribution < 1.29 is 32.4 Å². The van der Waals surface area contributed by atoms with Gasteiger partial charge in [0.25, 0.3) is 10.1 Å². The lowest BCUT2D eigenvalue weighted by atomic mass is 10.3. The molecule has 0 aliphatic heterocycles. The fourth-order valence-electron chi connectivity index (χ4n) is 0.703. The molecule has 94 valence electrons. The van der Waals surface area contributed by atoms with Crippen molar-refractivity contribution >= 4 is 33.0 Å². The highest BCUT2D eigenvalue weighted by Crippen LogP contribution is 2.07. The highest BCUT2D eigenvalue weighted by Gasteiger charge is 2.34. The predicted octanol–water partition coefficient (Wildman–Crippen LogP) is -2.00. The molecule has 0 aromatic heterocycles. The van der Waals surface area contributed by atoms with E-state index in [1.807, 2.05) is 0 Å². The van der Waals surface area contributed by atoms with E-state index in [0.29, 0.717) is 0 Å². The van der Waals surface area contributed by atoms with E-state index >= 15 is 0 Å². The minimum atomic E-state index is -4.78. The molecule has 2 N–H and O–H groups in total. The SMILES string of the molecule is C=CCOC(=O)C(CC(=O)O)S(=O)(=O)O.[SiH4]. The third-order valence-electron chi connectivity index (χ3n) is 1.33. The lowest BCUT2D eigenvalue weighted by Gasteiger charge is -2.09. The first kappa shape index (κ1) is 17.2. The molecular formula is C7H14O7SSi. The van der Waals surface area contributed by atoms with E-state index < -0.39 is 33.7 Å². The molecule has 0 fully saturated rings. The van der Waals surface area contributed by atoms with Crippen LogP contribution in [0.1, 0.15) is 6.42 Å². The summed E-state index contributed by atoms with van der Waals surface area (Å²) in [6.07, 6.45) is 0.133. The maximum atomic E-state index is 11.0. The molecule has 0 aromatic carbocycles. The van der Waals surface area contributed by atoms with Crippen molar-refractivity contribution in [1.82, 2.24) is 0 Å². The molecule has 0 saturated carbocycles. The van der Waals surface area contributed by atoms with Crippen molar-refractivity contribution in [2.24, 2.45) is 0 Å². The summed E-state index contributed by atoms with van der Waals surface area (Å²) in [6, 6.07) is 0. The Morgan fingerprint density at radius 3 is 2.25 bits per heavy atom. The summed E-state index contributed by atoms with van der Waals surface area (Å²) in [5.74, 6) is -2.85. The van der Waals surface area contributed by atoms with Crippen molar-refractivity contribution in [1.29, 1.82) is 0 Å². The second-order valence-corrected chi connectivity index (χ2v) is 4.12. The number of hydrogen-bond acceptors (Lipinski definition) is 5. The van der Waals surface area contributed by atoms with Crippen LogP contribution in [0.4, 0.5) is 0 Å². The summed E-state index contributed by atoms with van der Waals surface area (Å²) >= 11 is 0. The van der Waals surface area contributed by atoms with Gasteiger partial charge in [0.2, 0.25) is 0 Å². The summed E-state index contributed by atoms with van der Waals surface area (Å²) in [5.41, 5.74) is 0. The topological polar surface area (TPSA) is 118 Å². The second-order valence-electron chi connectivity index (χ2n) is 2.52. The molecule has 16 heavy (non-hydrogen) atoms. The van der Waals surface area contributed by atoms with Gasteiger partial charge in [0, 0.05) is 0 Å². The Bertz CT molecular complexity index is 361. The van der Waals surface area contributed by atoms with E-state index in [4.69, 9.17) is 9.66 Å². The van der Waals surface area contributed by atoms with Crippen LogP contribution in [0.2, 0.25) is 0 Å². The highest BCUT2D eigenvalue weighted by atomic mass is 32.2. The van der Waals surface area contributed by atoms with E-state index in [-0.39, 0.29) is 17.6 Å². The van der Waals surface area contributed by atoms with Crippen LogP contribution in [-0.4, -0.2) is 52.8 Å². The first-order valence-corrected chi connectivity index (χ1v) is 5.25. The molecule has 0 radical (unpaired) electrons. The third kappa shape index (κ3) is 6.32. The first-order valence-electron chi connectivity index (χ1n) is 3.74. The lowest BCUT2D eigenvalue weighted by molar-refractivity contribution is -0.146. The van der Waals surface area contributed by atoms with Crippen LogP contribution in [0, 0.1) is 0 Å². The van der Waals surface area contributed by atoms with E-state index in [2.05, 4.69) is 11.3 Å². The van der Waals surface area contributed by atoms with Crippen LogP contribution < -0.4 is 0 Å². The predicted molar refractivity (Wildman–Crippen MR) is 60.1 cm³/mol. The number of hydrogen-bond donors (Lipinski definition) is 2. The van der Waals surface area contributed by atoms with Crippen LogP contribution in [0.25, 0.3) is 0 Å². The molecule has 0 aliphatic rings. The molecule has 0 rings (SSSR count). The summed E-state index contributed by atoms with van der Waals surface area (Å²) in [6.45, 7) is 2.95. The molecule has 0 saturated heterocycles. The Balaban J connectivity index is 0. The molecule has 0 amide bonds. The summed E-state index contributed by atoms with van der Waals surface area (Å²) in [5, 5.41) is 6.22. The van der Waals surface area contributed by atoms with Gasteiger partial charge in [-0.05, 0) is 11.0 Å². The minimum Gasteiger partial charge on any atom is -0.481 e. The van der Waals surface area contributed by atoms with Crippen molar-refractivity contribution in [2.75, 3.05) is 6.61 Å². The number of carboxylic acids is 1. The molecule has 1 unspecified atom stereocenters. The Hall–Kier alpha value is -1.19. The van der Waals surface area contributed by atoms with Crippen molar-refractivity contribution in [2.45, 2.75) is 11.7 Å². The average molecular weight is 270 g/mol. The van der Waals surface area contributed by atoms with Gasteiger partial charge < -0.3 is 9.84 Å².